The van der Waals surface area contributed by atoms with Gasteiger partial charge in [-0.15, -0.1) is 0 Å². The molecule has 0 spiro atoms. The number of halogens is 1. The first-order chi connectivity index (χ1) is 9.31. The fourth-order valence-corrected chi connectivity index (χ4v) is 1.39. The Labute approximate surface area is 124 Å². The molecule has 0 saturated heterocycles. The van der Waals surface area contributed by atoms with Crippen molar-refractivity contribution in [2.75, 3.05) is 0 Å². The van der Waals surface area contributed by atoms with Gasteiger partial charge in [-0.05, 0) is 12.1 Å². The summed E-state index contributed by atoms with van der Waals surface area (Å²) in [6, 6.07) is 6.62. The maximum atomic E-state index is 11.7. The van der Waals surface area contributed by atoms with Gasteiger partial charge in [-0.1, -0.05) is 51.4 Å². The quantitative estimate of drug-likeness (QED) is 0.614. The highest BCUT2D eigenvalue weighted by molar-refractivity contribution is 6.30. The van der Waals surface area contributed by atoms with Crippen molar-refractivity contribution in [1.29, 1.82) is 0 Å². The molecule has 0 aliphatic carbocycles. The number of hydrogen-bond donors (Lipinski definition) is 0. The molecule has 110 valence electrons. The van der Waals surface area contributed by atoms with E-state index in [4.69, 9.17) is 21.1 Å². The van der Waals surface area contributed by atoms with Gasteiger partial charge in [-0.25, -0.2) is 0 Å². The SMILES string of the molecule is CC(C)C(=O)OC(OC(=O)C(C)C)c1ccc(Cl)cc1. The zero-order chi connectivity index (χ0) is 15.3. The molecular weight excluding hydrogens is 280 g/mol. The molecule has 0 aromatic heterocycles. The summed E-state index contributed by atoms with van der Waals surface area (Å²) in [6.07, 6.45) is -1.04. The van der Waals surface area contributed by atoms with Gasteiger partial charge in [0.25, 0.3) is 6.29 Å². The third-order valence-electron chi connectivity index (χ3n) is 2.53. The van der Waals surface area contributed by atoms with Crippen LogP contribution in [-0.2, 0) is 19.1 Å². The summed E-state index contributed by atoms with van der Waals surface area (Å²) < 4.78 is 10.5. The highest BCUT2D eigenvalue weighted by atomic mass is 35.5. The van der Waals surface area contributed by atoms with E-state index in [9.17, 15) is 9.59 Å². The van der Waals surface area contributed by atoms with Crippen molar-refractivity contribution >= 4 is 23.5 Å². The zero-order valence-electron chi connectivity index (χ0n) is 12.1. The minimum atomic E-state index is -1.04. The van der Waals surface area contributed by atoms with Crippen molar-refractivity contribution in [3.05, 3.63) is 34.9 Å². The number of rotatable bonds is 5. The van der Waals surface area contributed by atoms with E-state index in [1.165, 1.54) is 0 Å². The van der Waals surface area contributed by atoms with Gasteiger partial charge in [0.05, 0.1) is 11.8 Å². The molecule has 0 heterocycles. The van der Waals surface area contributed by atoms with Gasteiger partial charge in [-0.2, -0.15) is 0 Å². The van der Waals surface area contributed by atoms with Crippen molar-refractivity contribution in [1.82, 2.24) is 0 Å². The van der Waals surface area contributed by atoms with Crippen molar-refractivity contribution in [3.63, 3.8) is 0 Å². The molecule has 0 N–H and O–H groups in total. The zero-order valence-corrected chi connectivity index (χ0v) is 12.8. The highest BCUT2D eigenvalue weighted by Crippen LogP contribution is 2.23. The first-order valence-electron chi connectivity index (χ1n) is 6.47. The van der Waals surface area contributed by atoms with Crippen molar-refractivity contribution in [2.45, 2.75) is 34.0 Å². The summed E-state index contributed by atoms with van der Waals surface area (Å²) in [7, 11) is 0. The van der Waals surface area contributed by atoms with E-state index < -0.39 is 18.2 Å². The Morgan fingerprint density at radius 3 is 1.65 bits per heavy atom. The minimum Gasteiger partial charge on any atom is -0.420 e. The summed E-state index contributed by atoms with van der Waals surface area (Å²) in [4.78, 5) is 23.4. The molecule has 0 aliphatic rings. The number of ether oxygens (including phenoxy) is 2. The molecule has 0 bridgehead atoms. The minimum absolute atomic E-state index is 0.303. The maximum Gasteiger partial charge on any atom is 0.311 e. The molecule has 4 nitrogen and oxygen atoms in total. The van der Waals surface area contributed by atoms with Crippen molar-refractivity contribution in [3.8, 4) is 0 Å². The predicted octanol–water partition coefficient (Wildman–Crippen LogP) is 3.74. The molecule has 0 amide bonds. The van der Waals surface area contributed by atoms with E-state index >= 15 is 0 Å². The number of carbonyl (C=O) groups is 2. The van der Waals surface area contributed by atoms with E-state index in [0.717, 1.165) is 0 Å². The topological polar surface area (TPSA) is 52.6 Å². The van der Waals surface area contributed by atoms with Crippen LogP contribution in [0.3, 0.4) is 0 Å². The van der Waals surface area contributed by atoms with Crippen LogP contribution >= 0.6 is 11.6 Å². The monoisotopic (exact) mass is 298 g/mol. The summed E-state index contributed by atoms with van der Waals surface area (Å²) in [5, 5.41) is 0.554. The second-order valence-electron chi connectivity index (χ2n) is 5.07. The Balaban J connectivity index is 2.91. The van der Waals surface area contributed by atoms with Gasteiger partial charge < -0.3 is 9.47 Å². The van der Waals surface area contributed by atoms with Crippen molar-refractivity contribution < 1.29 is 19.1 Å². The third-order valence-corrected chi connectivity index (χ3v) is 2.78. The molecule has 1 aromatic rings. The van der Waals surface area contributed by atoms with Crippen LogP contribution in [0.1, 0.15) is 39.5 Å². The van der Waals surface area contributed by atoms with Crippen LogP contribution in [0, 0.1) is 11.8 Å². The molecule has 0 fully saturated rings. The molecule has 0 saturated carbocycles. The average molecular weight is 299 g/mol. The van der Waals surface area contributed by atoms with Gasteiger partial charge >= 0.3 is 11.9 Å². The molecule has 1 rings (SSSR count). The fraction of sp³-hybridized carbons (Fsp3) is 0.467. The number of benzene rings is 1. The van der Waals surface area contributed by atoms with Gasteiger partial charge in [0.15, 0.2) is 0 Å². The van der Waals surface area contributed by atoms with Crippen LogP contribution in [0.25, 0.3) is 0 Å². The largest absolute Gasteiger partial charge is 0.420 e. The van der Waals surface area contributed by atoms with Crippen LogP contribution in [0.4, 0.5) is 0 Å². The highest BCUT2D eigenvalue weighted by Gasteiger charge is 2.24. The molecule has 0 unspecified atom stereocenters. The Morgan fingerprint density at radius 2 is 1.30 bits per heavy atom. The molecular formula is C15H19ClO4. The lowest BCUT2D eigenvalue weighted by Gasteiger charge is -2.20. The average Bonchev–Trinajstić information content (AvgIpc) is 2.38. The normalized spacial score (nSPS) is 11.0. The lowest BCUT2D eigenvalue weighted by Crippen LogP contribution is -2.22. The molecule has 1 aromatic carbocycles. The van der Waals surface area contributed by atoms with E-state index in [1.807, 2.05) is 0 Å². The molecule has 0 radical (unpaired) electrons. The van der Waals surface area contributed by atoms with Gasteiger partial charge in [0, 0.05) is 10.6 Å². The second kappa shape index (κ2) is 7.29. The van der Waals surface area contributed by atoms with Gasteiger partial charge in [-0.3, -0.25) is 9.59 Å². The van der Waals surface area contributed by atoms with Crippen LogP contribution in [-0.4, -0.2) is 11.9 Å². The molecule has 0 aliphatic heterocycles. The molecule has 5 heteroatoms. The first kappa shape index (κ1) is 16.5. The van der Waals surface area contributed by atoms with E-state index in [1.54, 1.807) is 52.0 Å². The summed E-state index contributed by atoms with van der Waals surface area (Å²) in [5.74, 6) is -1.46. The second-order valence-corrected chi connectivity index (χ2v) is 5.50. The lowest BCUT2D eigenvalue weighted by atomic mass is 10.2. The standard InChI is InChI=1S/C15H19ClO4/c1-9(2)13(17)19-15(20-14(18)10(3)4)11-5-7-12(16)8-6-11/h5-10,15H,1-4H3. The number of hydrogen-bond acceptors (Lipinski definition) is 4. The molecule has 0 atom stereocenters. The van der Waals surface area contributed by atoms with Crippen LogP contribution in [0.15, 0.2) is 24.3 Å². The van der Waals surface area contributed by atoms with E-state index in [-0.39, 0.29) is 11.8 Å². The summed E-state index contributed by atoms with van der Waals surface area (Å²) in [6.45, 7) is 6.86. The number of esters is 2. The van der Waals surface area contributed by atoms with Gasteiger partial charge in [0.2, 0.25) is 0 Å². The molecule has 20 heavy (non-hydrogen) atoms. The smallest absolute Gasteiger partial charge is 0.311 e. The predicted molar refractivity (Wildman–Crippen MR) is 76.1 cm³/mol. The maximum absolute atomic E-state index is 11.7. The van der Waals surface area contributed by atoms with Crippen LogP contribution in [0.2, 0.25) is 5.02 Å². The van der Waals surface area contributed by atoms with E-state index in [0.29, 0.717) is 10.6 Å². The lowest BCUT2D eigenvalue weighted by molar-refractivity contribution is -0.194. The Kier molecular flexibility index (Phi) is 6.02. The van der Waals surface area contributed by atoms with Crippen molar-refractivity contribution in [2.24, 2.45) is 11.8 Å². The van der Waals surface area contributed by atoms with Gasteiger partial charge in [0.1, 0.15) is 0 Å². The Hall–Kier alpha value is -1.55. The van der Waals surface area contributed by atoms with E-state index in [2.05, 4.69) is 0 Å². The third kappa shape index (κ3) is 4.85. The fourth-order valence-electron chi connectivity index (χ4n) is 1.26. The first-order valence-corrected chi connectivity index (χ1v) is 6.85. The van der Waals surface area contributed by atoms with Crippen LogP contribution in [0.5, 0.6) is 0 Å². The Bertz CT molecular complexity index is 443. The van der Waals surface area contributed by atoms with Crippen LogP contribution < -0.4 is 0 Å². The summed E-state index contributed by atoms with van der Waals surface area (Å²) in [5.41, 5.74) is 0.567. The Morgan fingerprint density at radius 1 is 0.900 bits per heavy atom. The summed E-state index contributed by atoms with van der Waals surface area (Å²) >= 11 is 5.81. The number of carbonyl (C=O) groups excluding carboxylic acids is 2.